The van der Waals surface area contributed by atoms with E-state index in [0.29, 0.717) is 10.2 Å². The van der Waals surface area contributed by atoms with Gasteiger partial charge in [0.1, 0.15) is 12.4 Å². The summed E-state index contributed by atoms with van der Waals surface area (Å²) in [4.78, 5) is 17.1. The van der Waals surface area contributed by atoms with Crippen molar-refractivity contribution >= 4 is 43.9 Å². The SMILES string of the molecule is Nc1cc(C(=O)OCc2cn3ccsc3n2)c(Br)cc1F. The summed E-state index contributed by atoms with van der Waals surface area (Å²) >= 11 is 4.61. The largest absolute Gasteiger partial charge is 0.455 e. The van der Waals surface area contributed by atoms with Crippen LogP contribution in [0.3, 0.4) is 0 Å². The third kappa shape index (κ3) is 2.77. The molecule has 108 valence electrons. The van der Waals surface area contributed by atoms with Crippen LogP contribution in [0.1, 0.15) is 16.1 Å². The number of nitrogens with two attached hydrogens (primary N) is 1. The lowest BCUT2D eigenvalue weighted by Crippen LogP contribution is -2.08. The van der Waals surface area contributed by atoms with Gasteiger partial charge in [-0.05, 0) is 28.1 Å². The van der Waals surface area contributed by atoms with E-state index in [4.69, 9.17) is 10.5 Å². The van der Waals surface area contributed by atoms with Crippen LogP contribution in [0.25, 0.3) is 4.96 Å². The van der Waals surface area contributed by atoms with Gasteiger partial charge in [0.25, 0.3) is 0 Å². The summed E-state index contributed by atoms with van der Waals surface area (Å²) in [6, 6.07) is 2.38. The minimum Gasteiger partial charge on any atom is -0.455 e. The lowest BCUT2D eigenvalue weighted by atomic mass is 10.2. The number of nitrogens with zero attached hydrogens (tertiary/aromatic N) is 2. The molecular formula is C13H9BrFN3O2S. The molecule has 3 rings (SSSR count). The van der Waals surface area contributed by atoms with Crippen LogP contribution in [-0.4, -0.2) is 15.4 Å². The second kappa shape index (κ2) is 5.45. The first-order valence-corrected chi connectivity index (χ1v) is 7.54. The number of halogens is 2. The van der Waals surface area contributed by atoms with Gasteiger partial charge in [0.05, 0.1) is 16.9 Å². The average Bonchev–Trinajstić information content (AvgIpc) is 3.01. The average molecular weight is 370 g/mol. The molecule has 8 heteroatoms. The van der Waals surface area contributed by atoms with Crippen LogP contribution in [0.2, 0.25) is 0 Å². The van der Waals surface area contributed by atoms with Crippen molar-refractivity contribution in [3.8, 4) is 0 Å². The van der Waals surface area contributed by atoms with Crippen LogP contribution in [0.15, 0.2) is 34.4 Å². The predicted octanol–water partition coefficient (Wildman–Crippen LogP) is 3.24. The number of rotatable bonds is 3. The molecule has 2 N–H and O–H groups in total. The summed E-state index contributed by atoms with van der Waals surface area (Å²) in [5, 5.41) is 1.91. The van der Waals surface area contributed by atoms with Crippen molar-refractivity contribution in [2.24, 2.45) is 0 Å². The van der Waals surface area contributed by atoms with Crippen LogP contribution < -0.4 is 5.73 Å². The molecule has 2 heterocycles. The van der Waals surface area contributed by atoms with Crippen LogP contribution >= 0.6 is 27.3 Å². The lowest BCUT2D eigenvalue weighted by Gasteiger charge is -2.06. The van der Waals surface area contributed by atoms with Gasteiger partial charge in [-0.1, -0.05) is 0 Å². The van der Waals surface area contributed by atoms with E-state index in [0.717, 1.165) is 11.0 Å². The van der Waals surface area contributed by atoms with Gasteiger partial charge in [0, 0.05) is 22.2 Å². The summed E-state index contributed by atoms with van der Waals surface area (Å²) < 4.78 is 20.6. The molecule has 0 radical (unpaired) electrons. The first-order valence-electron chi connectivity index (χ1n) is 5.87. The van der Waals surface area contributed by atoms with Gasteiger partial charge in [-0.15, -0.1) is 11.3 Å². The summed E-state index contributed by atoms with van der Waals surface area (Å²) in [6.07, 6.45) is 3.66. The van der Waals surface area contributed by atoms with Crippen molar-refractivity contribution in [1.82, 2.24) is 9.38 Å². The maximum Gasteiger partial charge on any atom is 0.339 e. The molecule has 0 aliphatic heterocycles. The number of benzene rings is 1. The number of thiazole rings is 1. The smallest absolute Gasteiger partial charge is 0.339 e. The molecule has 0 spiro atoms. The molecule has 21 heavy (non-hydrogen) atoms. The normalized spacial score (nSPS) is 11.0. The van der Waals surface area contributed by atoms with Crippen LogP contribution in [0, 0.1) is 5.82 Å². The molecule has 2 aromatic heterocycles. The van der Waals surface area contributed by atoms with Crippen LogP contribution in [0.4, 0.5) is 10.1 Å². The first kappa shape index (κ1) is 14.0. The van der Waals surface area contributed by atoms with Gasteiger partial charge in [-0.25, -0.2) is 14.2 Å². The van der Waals surface area contributed by atoms with Crippen molar-refractivity contribution in [1.29, 1.82) is 0 Å². The lowest BCUT2D eigenvalue weighted by molar-refractivity contribution is 0.0467. The van der Waals surface area contributed by atoms with Gasteiger partial charge >= 0.3 is 5.97 Å². The highest BCUT2D eigenvalue weighted by atomic mass is 79.9. The van der Waals surface area contributed by atoms with Crippen LogP contribution in [0.5, 0.6) is 0 Å². The minimum absolute atomic E-state index is 0.0386. The summed E-state index contributed by atoms with van der Waals surface area (Å²) in [5.74, 6) is -1.18. The second-order valence-corrected chi connectivity index (χ2v) is 5.98. The highest BCUT2D eigenvalue weighted by Gasteiger charge is 2.15. The Morgan fingerprint density at radius 2 is 2.33 bits per heavy atom. The topological polar surface area (TPSA) is 69.6 Å². The molecule has 0 fully saturated rings. The molecule has 0 bridgehead atoms. The highest BCUT2D eigenvalue weighted by molar-refractivity contribution is 9.10. The number of fused-ring (bicyclic) bond motifs is 1. The number of anilines is 1. The minimum atomic E-state index is -0.593. The number of carbonyl (C=O) groups is 1. The monoisotopic (exact) mass is 369 g/mol. The summed E-state index contributed by atoms with van der Waals surface area (Å²) in [7, 11) is 0. The molecule has 0 aliphatic carbocycles. The van der Waals surface area contributed by atoms with E-state index in [1.807, 2.05) is 16.0 Å². The Bertz CT molecular complexity index is 802. The number of aromatic nitrogens is 2. The quantitative estimate of drug-likeness (QED) is 0.568. The summed E-state index contributed by atoms with van der Waals surface area (Å²) in [5.41, 5.74) is 6.17. The molecule has 0 atom stereocenters. The van der Waals surface area contributed by atoms with Gasteiger partial charge in [0.15, 0.2) is 4.96 Å². The molecule has 0 amide bonds. The molecule has 0 saturated heterocycles. The number of ether oxygens (including phenoxy) is 1. The second-order valence-electron chi connectivity index (χ2n) is 4.25. The summed E-state index contributed by atoms with van der Waals surface area (Å²) in [6.45, 7) is 0.0386. The molecule has 0 aliphatic rings. The predicted molar refractivity (Wildman–Crippen MR) is 80.7 cm³/mol. The van der Waals surface area contributed by atoms with Crippen molar-refractivity contribution in [3.63, 3.8) is 0 Å². The Hall–Kier alpha value is -1.93. The van der Waals surface area contributed by atoms with E-state index >= 15 is 0 Å². The van der Waals surface area contributed by atoms with Crippen LogP contribution in [-0.2, 0) is 11.3 Å². The zero-order valence-corrected chi connectivity index (χ0v) is 12.9. The van der Waals surface area contributed by atoms with Crippen molar-refractivity contribution in [2.45, 2.75) is 6.61 Å². The van der Waals surface area contributed by atoms with E-state index in [9.17, 15) is 9.18 Å². The Kier molecular flexibility index (Phi) is 3.64. The number of hydrogen-bond donors (Lipinski definition) is 1. The third-order valence-corrected chi connectivity index (χ3v) is 4.23. The molecule has 0 unspecified atom stereocenters. The number of carbonyl (C=O) groups excluding carboxylic acids is 1. The van der Waals surface area contributed by atoms with E-state index in [-0.39, 0.29) is 17.9 Å². The molecular weight excluding hydrogens is 361 g/mol. The fourth-order valence-corrected chi connectivity index (χ4v) is 2.98. The van der Waals surface area contributed by atoms with Gasteiger partial charge in [-0.2, -0.15) is 0 Å². The van der Waals surface area contributed by atoms with E-state index in [2.05, 4.69) is 20.9 Å². The van der Waals surface area contributed by atoms with Crippen molar-refractivity contribution in [2.75, 3.05) is 5.73 Å². The van der Waals surface area contributed by atoms with Crippen molar-refractivity contribution in [3.05, 3.63) is 51.5 Å². The standard InChI is InChI=1S/C13H9BrFN3O2S/c14-9-4-10(15)11(16)3-8(9)12(19)20-6-7-5-18-1-2-21-13(18)17-7/h1-5H,6,16H2. The fraction of sp³-hybridized carbons (Fsp3) is 0.0769. The third-order valence-electron chi connectivity index (χ3n) is 2.80. The fourth-order valence-electron chi connectivity index (χ4n) is 1.79. The van der Waals surface area contributed by atoms with Gasteiger partial charge in [-0.3, -0.25) is 4.40 Å². The Balaban J connectivity index is 1.74. The van der Waals surface area contributed by atoms with Gasteiger partial charge in [0.2, 0.25) is 0 Å². The number of imidazole rings is 1. The highest BCUT2D eigenvalue weighted by Crippen LogP contribution is 2.24. The molecule has 3 aromatic rings. The zero-order valence-electron chi connectivity index (χ0n) is 10.5. The first-order chi connectivity index (χ1) is 10.0. The van der Waals surface area contributed by atoms with Crippen molar-refractivity contribution < 1.29 is 13.9 Å². The Morgan fingerprint density at radius 3 is 3.10 bits per heavy atom. The van der Waals surface area contributed by atoms with E-state index in [1.165, 1.54) is 17.4 Å². The van der Waals surface area contributed by atoms with Gasteiger partial charge < -0.3 is 10.5 Å². The zero-order chi connectivity index (χ0) is 15.0. The van der Waals surface area contributed by atoms with E-state index < -0.39 is 11.8 Å². The Morgan fingerprint density at radius 1 is 1.52 bits per heavy atom. The number of nitrogen functional groups attached to an aromatic ring is 1. The Labute approximate surface area is 131 Å². The number of esters is 1. The van der Waals surface area contributed by atoms with E-state index in [1.54, 1.807) is 6.20 Å². The molecule has 5 nitrogen and oxygen atoms in total. The number of hydrogen-bond acceptors (Lipinski definition) is 5. The maximum atomic E-state index is 13.2. The maximum absolute atomic E-state index is 13.2. The molecule has 1 aromatic carbocycles. The molecule has 0 saturated carbocycles.